The van der Waals surface area contributed by atoms with Crippen molar-refractivity contribution < 1.29 is 9.53 Å². The lowest BCUT2D eigenvalue weighted by Crippen LogP contribution is -2.31. The Balaban J connectivity index is 2.71. The number of hydrazone groups is 1. The van der Waals surface area contributed by atoms with Crippen LogP contribution in [-0.2, 0) is 9.53 Å². The summed E-state index contributed by atoms with van der Waals surface area (Å²) in [5.74, 6) is -0.412. The zero-order valence-electron chi connectivity index (χ0n) is 8.43. The van der Waals surface area contributed by atoms with Crippen molar-refractivity contribution in [3.63, 3.8) is 0 Å². The van der Waals surface area contributed by atoms with Gasteiger partial charge in [0.2, 0.25) is 0 Å². The molecule has 1 unspecified atom stereocenters. The Hall–Kier alpha value is -1.58. The molecule has 1 aliphatic rings. The van der Waals surface area contributed by atoms with Gasteiger partial charge in [-0.3, -0.25) is 5.01 Å². The molecule has 0 saturated heterocycles. The summed E-state index contributed by atoms with van der Waals surface area (Å²) in [6.07, 6.45) is 6.23. The number of carbonyl (C=O) groups is 1. The van der Waals surface area contributed by atoms with Crippen LogP contribution in [0.3, 0.4) is 0 Å². The van der Waals surface area contributed by atoms with Crippen molar-refractivity contribution in [2.24, 2.45) is 5.10 Å². The van der Waals surface area contributed by atoms with Gasteiger partial charge in [0.25, 0.3) is 0 Å². The molecule has 1 atom stereocenters. The Morgan fingerprint density at radius 1 is 1.86 bits per heavy atom. The Morgan fingerprint density at radius 2 is 2.57 bits per heavy atom. The lowest BCUT2D eigenvalue weighted by molar-refractivity contribution is -0.132. The summed E-state index contributed by atoms with van der Waals surface area (Å²) < 4.78 is 4.57. The lowest BCUT2D eigenvalue weighted by atomic mass is 10.1. The number of rotatable bonds is 3. The molecule has 0 aliphatic carbocycles. The summed E-state index contributed by atoms with van der Waals surface area (Å²) in [5.41, 5.74) is 0.329. The van der Waals surface area contributed by atoms with Crippen LogP contribution in [0.25, 0.3) is 0 Å². The molecule has 0 aromatic rings. The van der Waals surface area contributed by atoms with Gasteiger partial charge in [-0.15, -0.1) is 6.58 Å². The highest BCUT2D eigenvalue weighted by molar-refractivity contribution is 6.41. The first kappa shape index (κ1) is 10.5. The zero-order valence-corrected chi connectivity index (χ0v) is 8.43. The number of nitrogens with zero attached hydrogens (tertiary/aromatic N) is 2. The maximum absolute atomic E-state index is 11.1. The maximum atomic E-state index is 11.1. The molecule has 1 rings (SSSR count). The summed E-state index contributed by atoms with van der Waals surface area (Å²) in [6, 6.07) is 0.181. The highest BCUT2D eigenvalue weighted by atomic mass is 16.5. The van der Waals surface area contributed by atoms with Crippen molar-refractivity contribution in [1.29, 1.82) is 0 Å². The van der Waals surface area contributed by atoms with E-state index >= 15 is 0 Å². The van der Waals surface area contributed by atoms with Crippen LogP contribution in [0.5, 0.6) is 0 Å². The standard InChI is InChI=1S/C10H14N2O2/c1-4-5-8-6-7-9(10(13)14-3)11-12(8)2/h4,6-8H,1,5H2,2-3H3. The van der Waals surface area contributed by atoms with Gasteiger partial charge in [-0.2, -0.15) is 5.10 Å². The molecule has 1 aliphatic heterocycles. The van der Waals surface area contributed by atoms with Crippen molar-refractivity contribution in [2.75, 3.05) is 14.2 Å². The molecule has 0 aromatic heterocycles. The van der Waals surface area contributed by atoms with E-state index in [0.29, 0.717) is 5.71 Å². The Labute approximate surface area is 83.5 Å². The minimum atomic E-state index is -0.412. The van der Waals surface area contributed by atoms with Crippen LogP contribution in [0, 0.1) is 0 Å². The second kappa shape index (κ2) is 4.60. The molecule has 0 saturated carbocycles. The van der Waals surface area contributed by atoms with E-state index in [2.05, 4.69) is 16.4 Å². The summed E-state index contributed by atoms with van der Waals surface area (Å²) in [5, 5.41) is 5.82. The molecular weight excluding hydrogens is 180 g/mol. The van der Waals surface area contributed by atoms with Gasteiger partial charge in [-0.05, 0) is 12.5 Å². The van der Waals surface area contributed by atoms with E-state index in [9.17, 15) is 4.79 Å². The highest BCUT2D eigenvalue weighted by Crippen LogP contribution is 2.10. The van der Waals surface area contributed by atoms with Crippen LogP contribution in [0.4, 0.5) is 0 Å². The number of carbonyl (C=O) groups excluding carboxylic acids is 1. The minimum Gasteiger partial charge on any atom is -0.464 e. The van der Waals surface area contributed by atoms with E-state index < -0.39 is 5.97 Å². The first-order valence-corrected chi connectivity index (χ1v) is 4.38. The monoisotopic (exact) mass is 194 g/mol. The van der Waals surface area contributed by atoms with Crippen molar-refractivity contribution in [3.8, 4) is 0 Å². The summed E-state index contributed by atoms with van der Waals surface area (Å²) in [4.78, 5) is 11.1. The lowest BCUT2D eigenvalue weighted by Gasteiger charge is -2.25. The third kappa shape index (κ3) is 2.22. The van der Waals surface area contributed by atoms with E-state index in [1.807, 2.05) is 19.2 Å². The molecule has 4 heteroatoms. The topological polar surface area (TPSA) is 41.9 Å². The predicted octanol–water partition coefficient (Wildman–Crippen LogP) is 0.962. The van der Waals surface area contributed by atoms with Crippen LogP contribution in [0.1, 0.15) is 6.42 Å². The maximum Gasteiger partial charge on any atom is 0.358 e. The van der Waals surface area contributed by atoms with E-state index in [1.165, 1.54) is 7.11 Å². The molecule has 0 fully saturated rings. The van der Waals surface area contributed by atoms with Gasteiger partial charge in [-0.25, -0.2) is 4.79 Å². The molecule has 0 radical (unpaired) electrons. The first-order valence-electron chi connectivity index (χ1n) is 4.38. The molecule has 4 nitrogen and oxygen atoms in total. The zero-order chi connectivity index (χ0) is 10.6. The normalized spacial score (nSPS) is 20.3. The second-order valence-electron chi connectivity index (χ2n) is 3.00. The predicted molar refractivity (Wildman–Crippen MR) is 55.0 cm³/mol. The third-order valence-corrected chi connectivity index (χ3v) is 2.02. The van der Waals surface area contributed by atoms with E-state index in [-0.39, 0.29) is 6.04 Å². The van der Waals surface area contributed by atoms with Gasteiger partial charge >= 0.3 is 5.97 Å². The van der Waals surface area contributed by atoms with Gasteiger partial charge in [-0.1, -0.05) is 12.2 Å². The van der Waals surface area contributed by atoms with Crippen LogP contribution in [-0.4, -0.2) is 36.9 Å². The van der Waals surface area contributed by atoms with Crippen molar-refractivity contribution in [1.82, 2.24) is 5.01 Å². The van der Waals surface area contributed by atoms with Gasteiger partial charge in [0.05, 0.1) is 13.2 Å². The molecule has 14 heavy (non-hydrogen) atoms. The molecule has 0 amide bonds. The average Bonchev–Trinajstić information content (AvgIpc) is 2.20. The largest absolute Gasteiger partial charge is 0.464 e. The summed E-state index contributed by atoms with van der Waals surface area (Å²) in [6.45, 7) is 3.66. The van der Waals surface area contributed by atoms with Crippen LogP contribution in [0.15, 0.2) is 29.9 Å². The van der Waals surface area contributed by atoms with Gasteiger partial charge in [0, 0.05) is 7.05 Å². The quantitative estimate of drug-likeness (QED) is 0.496. The van der Waals surface area contributed by atoms with Gasteiger partial charge < -0.3 is 4.74 Å². The Bertz CT molecular complexity index is 294. The van der Waals surface area contributed by atoms with Crippen LogP contribution >= 0.6 is 0 Å². The van der Waals surface area contributed by atoms with E-state index in [0.717, 1.165) is 6.42 Å². The van der Waals surface area contributed by atoms with E-state index in [1.54, 1.807) is 11.1 Å². The number of esters is 1. The Morgan fingerprint density at radius 3 is 3.07 bits per heavy atom. The summed E-state index contributed by atoms with van der Waals surface area (Å²) in [7, 11) is 3.16. The number of ether oxygens (including phenoxy) is 1. The van der Waals surface area contributed by atoms with Crippen molar-refractivity contribution >= 4 is 11.7 Å². The molecular formula is C10H14N2O2. The first-order chi connectivity index (χ1) is 6.69. The fourth-order valence-corrected chi connectivity index (χ4v) is 1.22. The highest BCUT2D eigenvalue weighted by Gasteiger charge is 2.18. The van der Waals surface area contributed by atoms with E-state index in [4.69, 9.17) is 0 Å². The molecule has 0 bridgehead atoms. The fourth-order valence-electron chi connectivity index (χ4n) is 1.22. The van der Waals surface area contributed by atoms with Gasteiger partial charge in [0.1, 0.15) is 0 Å². The Kier molecular flexibility index (Phi) is 3.45. The third-order valence-electron chi connectivity index (χ3n) is 2.02. The molecule has 1 heterocycles. The van der Waals surface area contributed by atoms with Crippen molar-refractivity contribution in [2.45, 2.75) is 12.5 Å². The minimum absolute atomic E-state index is 0.181. The number of hydrogen-bond donors (Lipinski definition) is 0. The van der Waals surface area contributed by atoms with Crippen LogP contribution in [0.2, 0.25) is 0 Å². The number of likely N-dealkylation sites (N-methyl/N-ethyl adjacent to an activating group) is 1. The van der Waals surface area contributed by atoms with Gasteiger partial charge in [0.15, 0.2) is 5.71 Å². The molecule has 0 spiro atoms. The number of methoxy groups -OCH3 is 1. The smallest absolute Gasteiger partial charge is 0.358 e. The molecule has 76 valence electrons. The summed E-state index contributed by atoms with van der Waals surface area (Å²) >= 11 is 0. The molecule has 0 N–H and O–H groups in total. The van der Waals surface area contributed by atoms with Crippen LogP contribution < -0.4 is 0 Å². The number of hydrogen-bond acceptors (Lipinski definition) is 4. The SMILES string of the molecule is C=CCC1C=CC(C(=O)OC)=NN1C. The second-order valence-corrected chi connectivity index (χ2v) is 3.00. The average molecular weight is 194 g/mol. The fraction of sp³-hybridized carbons (Fsp3) is 0.400. The van der Waals surface area contributed by atoms with Crippen molar-refractivity contribution in [3.05, 3.63) is 24.8 Å². The molecule has 0 aromatic carbocycles.